The van der Waals surface area contributed by atoms with Gasteiger partial charge >= 0.3 is 12.1 Å². The van der Waals surface area contributed by atoms with Crippen molar-refractivity contribution in [3.8, 4) is 6.01 Å². The van der Waals surface area contributed by atoms with Gasteiger partial charge in [-0.1, -0.05) is 32.4 Å². The molecule has 6 rings (SSSR count). The van der Waals surface area contributed by atoms with Gasteiger partial charge in [-0.05, 0) is 84.0 Å². The molecule has 10 nitrogen and oxygen atoms in total. The maximum atomic E-state index is 15.4. The Labute approximate surface area is 278 Å². The number of pyridine rings is 1. The molecule has 0 aliphatic carbocycles. The number of anilines is 1. The van der Waals surface area contributed by atoms with E-state index in [1.807, 2.05) is 25.7 Å². The Balaban J connectivity index is 1.22. The molecule has 0 saturated carbocycles. The van der Waals surface area contributed by atoms with Crippen molar-refractivity contribution in [2.24, 2.45) is 0 Å². The zero-order valence-electron chi connectivity index (χ0n) is 28.7. The normalized spacial score (nSPS) is 27.0. The lowest BCUT2D eigenvalue weighted by atomic mass is 9.95. The van der Waals surface area contributed by atoms with Crippen molar-refractivity contribution >= 4 is 42.7 Å². The fourth-order valence-corrected chi connectivity index (χ4v) is 8.68. The summed E-state index contributed by atoms with van der Waals surface area (Å²) in [7, 11) is -1.86. The topological polar surface area (TPSA) is 93.2 Å². The molecule has 2 aromatic heterocycles. The van der Waals surface area contributed by atoms with Crippen LogP contribution in [0.2, 0.25) is 23.3 Å². The lowest BCUT2D eigenvalue weighted by Gasteiger charge is -2.42. The largest absolute Gasteiger partial charge is 0.461 e. The summed E-state index contributed by atoms with van der Waals surface area (Å²) in [5, 5.41) is 0.403. The van der Waals surface area contributed by atoms with Crippen molar-refractivity contribution in [1.82, 2.24) is 24.8 Å². The third kappa shape index (κ3) is 6.31. The number of hydrogen-bond acceptors (Lipinski definition) is 9. The molecule has 6 heterocycles. The molecule has 0 spiro atoms. The average Bonchev–Trinajstić information content (AvgIpc) is 3.61. The summed E-state index contributed by atoms with van der Waals surface area (Å²) >= 11 is 6.12. The van der Waals surface area contributed by atoms with E-state index in [1.54, 1.807) is 0 Å². The number of carbonyl (C=O) groups excluding carboxylic acids is 1. The maximum Gasteiger partial charge on any atom is 0.410 e. The molecule has 13 heteroatoms. The van der Waals surface area contributed by atoms with Gasteiger partial charge in [-0.25, -0.2) is 14.2 Å². The van der Waals surface area contributed by atoms with Crippen LogP contribution in [0.15, 0.2) is 6.20 Å². The summed E-state index contributed by atoms with van der Waals surface area (Å²) in [6.07, 6.45) is 7.17. The maximum absolute atomic E-state index is 15.4. The van der Waals surface area contributed by atoms with E-state index in [9.17, 15) is 4.79 Å². The summed E-state index contributed by atoms with van der Waals surface area (Å²) in [5.41, 5.74) is -0.599. The molecule has 1 amide bonds. The van der Waals surface area contributed by atoms with E-state index >= 15 is 4.39 Å². The van der Waals surface area contributed by atoms with E-state index in [4.69, 9.17) is 30.5 Å². The number of aromatic nitrogens is 3. The number of nitrogens with zero attached hydrogens (tertiary/aromatic N) is 6. The lowest BCUT2D eigenvalue weighted by molar-refractivity contribution is 0.0122. The lowest BCUT2D eigenvalue weighted by Crippen LogP contribution is -2.57. The molecule has 2 unspecified atom stereocenters. The van der Waals surface area contributed by atoms with E-state index in [1.165, 1.54) is 6.20 Å². The van der Waals surface area contributed by atoms with Gasteiger partial charge in [0.2, 0.25) is 0 Å². The van der Waals surface area contributed by atoms with Gasteiger partial charge in [0.05, 0.1) is 23.0 Å². The molecule has 46 heavy (non-hydrogen) atoms. The van der Waals surface area contributed by atoms with Crippen LogP contribution in [-0.2, 0) is 9.16 Å². The molecule has 4 atom stereocenters. The number of amides is 1. The van der Waals surface area contributed by atoms with Crippen LogP contribution in [0.25, 0.3) is 10.9 Å². The predicted octanol–water partition coefficient (Wildman–Crippen LogP) is 6.80. The number of fused-ring (bicyclic) bond motifs is 4. The first-order valence-electron chi connectivity index (χ1n) is 16.8. The van der Waals surface area contributed by atoms with Crippen LogP contribution in [0.1, 0.15) is 80.1 Å². The standard InChI is InChI=1S/C33H50ClFN6O4Si/c1-31(2,3)45-30(42)41-21-10-11-22(41)18-39(17-21)28-24-16-36-27(34)25(35)26(24)37-29(38-28)43-20-33-13-9-15-40(33)23(12-14-33)19-44-46(7,8)32(4,5)6/h16,21-23H,9-15,17-20H2,1-8H3/t21?,22?,23-,33-/m1/s1. The molecule has 0 radical (unpaired) electrons. The fraction of sp³-hybridized carbons (Fsp3) is 0.758. The minimum absolute atomic E-state index is 0.0389. The monoisotopic (exact) mass is 676 g/mol. The van der Waals surface area contributed by atoms with Gasteiger partial charge in [-0.15, -0.1) is 0 Å². The van der Waals surface area contributed by atoms with Gasteiger partial charge in [0.25, 0.3) is 0 Å². The zero-order chi connectivity index (χ0) is 33.2. The molecule has 0 aromatic carbocycles. The van der Waals surface area contributed by atoms with Crippen molar-refractivity contribution in [2.75, 3.05) is 37.7 Å². The summed E-state index contributed by atoms with van der Waals surface area (Å²) in [4.78, 5) is 33.1. The first-order valence-corrected chi connectivity index (χ1v) is 20.1. The first kappa shape index (κ1) is 33.6. The van der Waals surface area contributed by atoms with Gasteiger partial charge in [-0.3, -0.25) is 9.80 Å². The van der Waals surface area contributed by atoms with Crippen LogP contribution >= 0.6 is 11.6 Å². The minimum atomic E-state index is -1.86. The van der Waals surface area contributed by atoms with Crippen molar-refractivity contribution in [3.05, 3.63) is 17.2 Å². The molecule has 4 aliphatic heterocycles. The third-order valence-electron chi connectivity index (χ3n) is 10.9. The molecule has 4 aliphatic rings. The Morgan fingerprint density at radius 3 is 2.43 bits per heavy atom. The number of hydrogen-bond donors (Lipinski definition) is 0. The second kappa shape index (κ2) is 12.0. The van der Waals surface area contributed by atoms with Crippen LogP contribution < -0.4 is 9.64 Å². The number of carbonyl (C=O) groups is 1. The summed E-state index contributed by atoms with van der Waals surface area (Å²) in [5.74, 6) is -0.135. The molecule has 2 aromatic rings. The van der Waals surface area contributed by atoms with Gasteiger partial charge in [0.1, 0.15) is 23.5 Å². The summed E-state index contributed by atoms with van der Waals surface area (Å²) in [6.45, 7) is 20.3. The Morgan fingerprint density at radius 1 is 1.09 bits per heavy atom. The first-order chi connectivity index (χ1) is 21.5. The highest BCUT2D eigenvalue weighted by molar-refractivity contribution is 6.74. The van der Waals surface area contributed by atoms with Gasteiger partial charge in [0.15, 0.2) is 19.3 Å². The van der Waals surface area contributed by atoms with Crippen LogP contribution in [0.3, 0.4) is 0 Å². The number of ether oxygens (including phenoxy) is 2. The fourth-order valence-electron chi connectivity index (χ4n) is 7.50. The Bertz CT molecular complexity index is 1470. The van der Waals surface area contributed by atoms with Gasteiger partial charge in [-0.2, -0.15) is 9.97 Å². The zero-order valence-corrected chi connectivity index (χ0v) is 30.4. The predicted molar refractivity (Wildman–Crippen MR) is 180 cm³/mol. The van der Waals surface area contributed by atoms with Gasteiger partial charge < -0.3 is 18.8 Å². The van der Waals surface area contributed by atoms with E-state index < -0.39 is 19.7 Å². The van der Waals surface area contributed by atoms with Crippen molar-refractivity contribution in [1.29, 1.82) is 0 Å². The van der Waals surface area contributed by atoms with Crippen LogP contribution in [0.4, 0.5) is 15.0 Å². The van der Waals surface area contributed by atoms with Crippen LogP contribution in [0.5, 0.6) is 6.01 Å². The molecule has 4 fully saturated rings. The molecule has 4 saturated heterocycles. The Morgan fingerprint density at radius 2 is 1.78 bits per heavy atom. The Kier molecular flexibility index (Phi) is 8.77. The quantitative estimate of drug-likeness (QED) is 0.232. The highest BCUT2D eigenvalue weighted by Gasteiger charge is 2.51. The Hall–Kier alpha value is -2.28. The van der Waals surface area contributed by atoms with Crippen LogP contribution in [-0.4, -0.2) is 101 Å². The van der Waals surface area contributed by atoms with E-state index in [-0.39, 0.29) is 45.4 Å². The van der Waals surface area contributed by atoms with Crippen molar-refractivity contribution in [3.63, 3.8) is 0 Å². The van der Waals surface area contributed by atoms with Crippen LogP contribution in [0, 0.1) is 5.82 Å². The molecule has 0 N–H and O–H groups in total. The smallest absolute Gasteiger partial charge is 0.410 e. The second-order valence-corrected chi connectivity index (χ2v) is 21.4. The third-order valence-corrected chi connectivity index (χ3v) is 15.7. The highest BCUT2D eigenvalue weighted by atomic mass is 35.5. The SMILES string of the molecule is CC(C)(C)OC(=O)N1C2CCC1CN(c1nc(OC[C@]34CCCN3[C@@H](CO[Si](C)(C)C(C)(C)C)CC4)nc3c(F)c(Cl)ncc13)C2. The number of piperazine rings is 1. The summed E-state index contributed by atoms with van der Waals surface area (Å²) < 4.78 is 34.2. The average molecular weight is 677 g/mol. The van der Waals surface area contributed by atoms with Crippen molar-refractivity contribution in [2.45, 2.75) is 127 Å². The second-order valence-electron chi connectivity index (χ2n) is 16.2. The molecule has 254 valence electrons. The molecular weight excluding hydrogens is 627 g/mol. The summed E-state index contributed by atoms with van der Waals surface area (Å²) in [6, 6.07) is 0.408. The number of halogens is 2. The molecule has 2 bridgehead atoms. The highest BCUT2D eigenvalue weighted by Crippen LogP contribution is 2.44. The van der Waals surface area contributed by atoms with E-state index in [0.29, 0.717) is 36.9 Å². The van der Waals surface area contributed by atoms with E-state index in [0.717, 1.165) is 51.7 Å². The van der Waals surface area contributed by atoms with Crippen molar-refractivity contribution < 1.29 is 23.1 Å². The van der Waals surface area contributed by atoms with Gasteiger partial charge in [0, 0.05) is 31.9 Å². The number of rotatable bonds is 7. The molecular formula is C33H50ClFN6O4Si. The van der Waals surface area contributed by atoms with E-state index in [2.05, 4.69) is 53.6 Å². The minimum Gasteiger partial charge on any atom is -0.461 e.